The van der Waals surface area contributed by atoms with Crippen LogP contribution in [0.25, 0.3) is 16.9 Å². The van der Waals surface area contributed by atoms with E-state index in [2.05, 4.69) is 10.4 Å². The van der Waals surface area contributed by atoms with E-state index in [9.17, 15) is 9.90 Å². The normalized spacial score (nSPS) is 11.7. The summed E-state index contributed by atoms with van der Waals surface area (Å²) in [5, 5.41) is 17.2. The third kappa shape index (κ3) is 5.22. The number of benzene rings is 3. The fraction of sp³-hybridized carbons (Fsp3) is 0.154. The first kappa shape index (κ1) is 22.1. The molecule has 0 aliphatic heterocycles. The molecule has 0 saturated carbocycles. The summed E-state index contributed by atoms with van der Waals surface area (Å²) in [6.45, 7) is -0.142. The molecule has 3 aromatic carbocycles. The zero-order valence-corrected chi connectivity index (χ0v) is 18.3. The molecule has 0 bridgehead atoms. The molecule has 1 heterocycles. The lowest BCUT2D eigenvalue weighted by Crippen LogP contribution is -2.39. The molecule has 4 N–H and O–H groups in total. The summed E-state index contributed by atoms with van der Waals surface area (Å²) in [4.78, 5) is 12.7. The van der Waals surface area contributed by atoms with Crippen LogP contribution in [0.1, 0.15) is 15.9 Å². The minimum absolute atomic E-state index is 0.142. The van der Waals surface area contributed by atoms with E-state index in [1.807, 2.05) is 54.6 Å². The quantitative estimate of drug-likeness (QED) is 0.388. The molecule has 33 heavy (non-hydrogen) atoms. The maximum Gasteiger partial charge on any atom is 0.251 e. The highest BCUT2D eigenvalue weighted by Crippen LogP contribution is 2.25. The Morgan fingerprint density at radius 2 is 1.76 bits per heavy atom. The molecule has 168 valence electrons. The largest absolute Gasteiger partial charge is 0.497 e. The van der Waals surface area contributed by atoms with Crippen molar-refractivity contribution in [1.82, 2.24) is 15.1 Å². The van der Waals surface area contributed by atoms with Crippen LogP contribution in [0.2, 0.25) is 0 Å². The number of hydrogen-bond acceptors (Lipinski definition) is 5. The number of nitrogens with zero attached hydrogens (tertiary/aromatic N) is 2. The number of anilines is 1. The number of ether oxygens (including phenoxy) is 1. The van der Waals surface area contributed by atoms with E-state index in [-0.39, 0.29) is 18.6 Å². The van der Waals surface area contributed by atoms with Gasteiger partial charge in [-0.05, 0) is 60.5 Å². The molecular formula is C26H26N4O3. The number of nitrogens with two attached hydrogens (primary N) is 1. The Hall–Kier alpha value is -4.10. The molecule has 1 aromatic heterocycles. The van der Waals surface area contributed by atoms with Crippen LogP contribution in [0.4, 0.5) is 5.82 Å². The van der Waals surface area contributed by atoms with Gasteiger partial charge in [0.1, 0.15) is 11.6 Å². The minimum atomic E-state index is -0.367. The smallest absolute Gasteiger partial charge is 0.251 e. The molecular weight excluding hydrogens is 416 g/mol. The molecule has 0 radical (unpaired) electrons. The molecule has 1 amide bonds. The number of aliphatic hydroxyl groups is 1. The van der Waals surface area contributed by atoms with Crippen molar-refractivity contribution in [2.45, 2.75) is 12.5 Å². The first-order valence-corrected chi connectivity index (χ1v) is 10.6. The zero-order chi connectivity index (χ0) is 23.2. The van der Waals surface area contributed by atoms with Crippen LogP contribution in [-0.2, 0) is 6.42 Å². The number of carbonyl (C=O) groups is 1. The second-order valence-corrected chi connectivity index (χ2v) is 7.68. The number of aliphatic hydroxyl groups excluding tert-OH is 1. The number of carbonyl (C=O) groups excluding carboxylic acids is 1. The Balaban J connectivity index is 1.46. The number of rotatable bonds is 8. The Morgan fingerprint density at radius 1 is 1.06 bits per heavy atom. The van der Waals surface area contributed by atoms with Gasteiger partial charge in [0.2, 0.25) is 0 Å². The van der Waals surface area contributed by atoms with Gasteiger partial charge in [0.15, 0.2) is 0 Å². The van der Waals surface area contributed by atoms with E-state index in [4.69, 9.17) is 10.5 Å². The molecule has 0 aliphatic rings. The van der Waals surface area contributed by atoms with Gasteiger partial charge >= 0.3 is 0 Å². The van der Waals surface area contributed by atoms with E-state index in [0.717, 1.165) is 28.3 Å². The predicted octanol–water partition coefficient (Wildman–Crippen LogP) is 3.46. The number of amides is 1. The highest BCUT2D eigenvalue weighted by molar-refractivity contribution is 5.94. The molecule has 4 aromatic rings. The molecule has 4 rings (SSSR count). The van der Waals surface area contributed by atoms with Gasteiger partial charge in [0, 0.05) is 17.2 Å². The van der Waals surface area contributed by atoms with Crippen molar-refractivity contribution in [2.75, 3.05) is 19.5 Å². The van der Waals surface area contributed by atoms with Crippen LogP contribution in [0.5, 0.6) is 5.75 Å². The highest BCUT2D eigenvalue weighted by Gasteiger charge is 2.15. The third-order valence-corrected chi connectivity index (χ3v) is 5.38. The fourth-order valence-electron chi connectivity index (χ4n) is 3.59. The average molecular weight is 443 g/mol. The van der Waals surface area contributed by atoms with E-state index >= 15 is 0 Å². The Bertz CT molecular complexity index is 1200. The number of methoxy groups -OCH3 is 1. The number of nitrogens with one attached hydrogen (secondary N) is 1. The summed E-state index contributed by atoms with van der Waals surface area (Å²) in [5.74, 6) is 1.01. The average Bonchev–Trinajstić information content (AvgIpc) is 3.25. The summed E-state index contributed by atoms with van der Waals surface area (Å²) in [6.07, 6.45) is 0.555. The second-order valence-electron chi connectivity index (χ2n) is 7.68. The lowest BCUT2D eigenvalue weighted by molar-refractivity contribution is 0.0916. The van der Waals surface area contributed by atoms with Crippen molar-refractivity contribution in [2.24, 2.45) is 0 Å². The summed E-state index contributed by atoms with van der Waals surface area (Å²) in [7, 11) is 1.62. The van der Waals surface area contributed by atoms with Crippen molar-refractivity contribution < 1.29 is 14.6 Å². The molecule has 7 nitrogen and oxygen atoms in total. The first-order valence-electron chi connectivity index (χ1n) is 10.6. The Labute approximate surface area is 192 Å². The summed E-state index contributed by atoms with van der Waals surface area (Å²) < 4.78 is 6.83. The molecule has 0 fully saturated rings. The standard InChI is InChI=1S/C26H26N4O3/c1-33-23-13-9-19(10-14-23)24-16-25(27)30(29-24)22-11-7-20(8-12-22)26(32)28-21(17-31)15-18-5-3-2-4-6-18/h2-14,16,21,31H,15,17,27H2,1H3,(H,28,32)/t21-/m0/s1. The molecule has 0 unspecified atom stereocenters. The summed E-state index contributed by atoms with van der Waals surface area (Å²) in [6, 6.07) is 25.8. The van der Waals surface area contributed by atoms with Crippen molar-refractivity contribution in [3.05, 3.63) is 96.1 Å². The summed E-state index contributed by atoms with van der Waals surface area (Å²) in [5.41, 5.74) is 10.1. The predicted molar refractivity (Wildman–Crippen MR) is 128 cm³/mol. The second kappa shape index (κ2) is 10.0. The van der Waals surface area contributed by atoms with Gasteiger partial charge in [0.05, 0.1) is 31.1 Å². The van der Waals surface area contributed by atoms with Crippen LogP contribution < -0.4 is 15.8 Å². The van der Waals surface area contributed by atoms with E-state index in [1.165, 1.54) is 0 Å². The van der Waals surface area contributed by atoms with Gasteiger partial charge in [-0.2, -0.15) is 5.10 Å². The van der Waals surface area contributed by atoms with Gasteiger partial charge < -0.3 is 20.9 Å². The molecule has 0 spiro atoms. The maximum absolute atomic E-state index is 12.7. The number of hydrogen-bond donors (Lipinski definition) is 3. The van der Waals surface area contributed by atoms with E-state index < -0.39 is 0 Å². The van der Waals surface area contributed by atoms with Gasteiger partial charge in [0.25, 0.3) is 5.91 Å². The van der Waals surface area contributed by atoms with Crippen LogP contribution in [0.3, 0.4) is 0 Å². The highest BCUT2D eigenvalue weighted by atomic mass is 16.5. The zero-order valence-electron chi connectivity index (χ0n) is 18.3. The maximum atomic E-state index is 12.7. The SMILES string of the molecule is COc1ccc(-c2cc(N)n(-c3ccc(C(=O)N[C@H](CO)Cc4ccccc4)cc3)n2)cc1. The van der Waals surface area contributed by atoms with Gasteiger partial charge in [-0.1, -0.05) is 30.3 Å². The summed E-state index contributed by atoms with van der Waals surface area (Å²) >= 11 is 0. The molecule has 0 saturated heterocycles. The van der Waals surface area contributed by atoms with Crippen molar-refractivity contribution in [3.63, 3.8) is 0 Å². The Morgan fingerprint density at radius 3 is 2.39 bits per heavy atom. The third-order valence-electron chi connectivity index (χ3n) is 5.38. The van der Waals surface area contributed by atoms with Gasteiger partial charge in [-0.3, -0.25) is 4.79 Å². The lowest BCUT2D eigenvalue weighted by atomic mass is 10.1. The fourth-order valence-corrected chi connectivity index (χ4v) is 3.59. The van der Waals surface area contributed by atoms with E-state index in [1.54, 1.807) is 42.1 Å². The van der Waals surface area contributed by atoms with Gasteiger partial charge in [-0.15, -0.1) is 0 Å². The van der Waals surface area contributed by atoms with Crippen LogP contribution >= 0.6 is 0 Å². The topological polar surface area (TPSA) is 102 Å². The van der Waals surface area contributed by atoms with Crippen LogP contribution in [-0.4, -0.2) is 40.6 Å². The van der Waals surface area contributed by atoms with Crippen LogP contribution in [0.15, 0.2) is 84.9 Å². The Kier molecular flexibility index (Phi) is 6.71. The number of nitrogen functional groups attached to an aromatic ring is 1. The van der Waals surface area contributed by atoms with Crippen molar-refractivity contribution in [1.29, 1.82) is 0 Å². The van der Waals surface area contributed by atoms with E-state index in [0.29, 0.717) is 17.8 Å². The molecule has 0 aliphatic carbocycles. The van der Waals surface area contributed by atoms with Crippen molar-refractivity contribution in [3.8, 4) is 22.7 Å². The van der Waals surface area contributed by atoms with Crippen LogP contribution in [0, 0.1) is 0 Å². The van der Waals surface area contributed by atoms with Gasteiger partial charge in [-0.25, -0.2) is 4.68 Å². The monoisotopic (exact) mass is 442 g/mol. The lowest BCUT2D eigenvalue weighted by Gasteiger charge is -2.16. The first-order chi connectivity index (χ1) is 16.1. The number of aromatic nitrogens is 2. The molecule has 7 heteroatoms. The van der Waals surface area contributed by atoms with Crippen molar-refractivity contribution >= 4 is 11.7 Å². The minimum Gasteiger partial charge on any atom is -0.497 e. The molecule has 1 atom stereocenters.